The molecule has 0 aliphatic rings. The fourth-order valence-corrected chi connectivity index (χ4v) is 3.38. The third-order valence-electron chi connectivity index (χ3n) is 4.89. The van der Waals surface area contributed by atoms with E-state index in [1.165, 1.54) is 0 Å². The highest BCUT2D eigenvalue weighted by atomic mass is 14.8. The molecule has 4 aromatic heterocycles. The van der Waals surface area contributed by atoms with Crippen molar-refractivity contribution in [3.8, 4) is 45.0 Å². The van der Waals surface area contributed by atoms with E-state index in [0.717, 1.165) is 45.0 Å². The first-order valence-electron chi connectivity index (χ1n) is 9.72. The molecule has 30 heavy (non-hydrogen) atoms. The van der Waals surface area contributed by atoms with Crippen LogP contribution in [0.15, 0.2) is 110 Å². The van der Waals surface area contributed by atoms with E-state index in [4.69, 9.17) is 4.98 Å². The molecule has 5 rings (SSSR count). The lowest BCUT2D eigenvalue weighted by Crippen LogP contribution is -1.93. The number of hydrogen-bond donors (Lipinski definition) is 0. The molecule has 0 bridgehead atoms. The predicted octanol–water partition coefficient (Wildman–Crippen LogP) is 5.93. The smallest absolute Gasteiger partial charge is 0.0900 e. The zero-order valence-electron chi connectivity index (χ0n) is 16.2. The van der Waals surface area contributed by atoms with Crippen molar-refractivity contribution in [1.82, 2.24) is 19.9 Å². The van der Waals surface area contributed by atoms with Crippen LogP contribution in [-0.2, 0) is 0 Å². The van der Waals surface area contributed by atoms with E-state index in [1.54, 1.807) is 18.6 Å². The van der Waals surface area contributed by atoms with Gasteiger partial charge in [-0.1, -0.05) is 42.5 Å². The monoisotopic (exact) mass is 386 g/mol. The molecule has 0 spiro atoms. The van der Waals surface area contributed by atoms with Crippen molar-refractivity contribution in [3.63, 3.8) is 0 Å². The normalized spacial score (nSPS) is 10.7. The Balaban J connectivity index is 1.60. The number of benzene rings is 1. The Morgan fingerprint density at radius 1 is 0.433 bits per heavy atom. The standard InChI is InChI=1S/C26H18N4/c1-3-14-28-23(7-1)25-16-22(17-26(30-25)24-8-2-4-15-29-24)20-11-9-19(10-12-20)21-6-5-13-27-18-21/h1-18H. The minimum atomic E-state index is 0.824. The van der Waals surface area contributed by atoms with E-state index in [0.29, 0.717) is 0 Å². The minimum absolute atomic E-state index is 0.824. The molecule has 0 atom stereocenters. The summed E-state index contributed by atoms with van der Waals surface area (Å²) in [5.74, 6) is 0. The Labute approximate surface area is 175 Å². The third-order valence-corrected chi connectivity index (χ3v) is 4.89. The first kappa shape index (κ1) is 17.9. The average Bonchev–Trinajstić information content (AvgIpc) is 2.85. The molecule has 4 nitrogen and oxygen atoms in total. The quantitative estimate of drug-likeness (QED) is 0.384. The maximum absolute atomic E-state index is 4.83. The van der Waals surface area contributed by atoms with Gasteiger partial charge in [-0.2, -0.15) is 0 Å². The lowest BCUT2D eigenvalue weighted by atomic mass is 9.99. The maximum Gasteiger partial charge on any atom is 0.0900 e. The van der Waals surface area contributed by atoms with Gasteiger partial charge in [-0.3, -0.25) is 15.0 Å². The van der Waals surface area contributed by atoms with Crippen molar-refractivity contribution in [3.05, 3.63) is 110 Å². The number of aromatic nitrogens is 4. The Hall–Kier alpha value is -4.18. The molecule has 0 saturated heterocycles. The van der Waals surface area contributed by atoms with Crippen LogP contribution >= 0.6 is 0 Å². The lowest BCUT2D eigenvalue weighted by molar-refractivity contribution is 1.22. The number of pyridine rings is 4. The fourth-order valence-electron chi connectivity index (χ4n) is 3.38. The molecule has 1 aromatic carbocycles. The topological polar surface area (TPSA) is 51.6 Å². The number of nitrogens with zero attached hydrogens (tertiary/aromatic N) is 4. The van der Waals surface area contributed by atoms with Gasteiger partial charge in [0.1, 0.15) is 0 Å². The van der Waals surface area contributed by atoms with E-state index in [2.05, 4.69) is 57.4 Å². The summed E-state index contributed by atoms with van der Waals surface area (Å²) in [6, 6.07) is 28.4. The van der Waals surface area contributed by atoms with Crippen LogP contribution in [-0.4, -0.2) is 19.9 Å². The zero-order valence-corrected chi connectivity index (χ0v) is 16.2. The van der Waals surface area contributed by atoms with Crippen molar-refractivity contribution in [2.75, 3.05) is 0 Å². The molecule has 4 heteroatoms. The summed E-state index contributed by atoms with van der Waals surface area (Å²) in [5.41, 5.74) is 7.74. The van der Waals surface area contributed by atoms with Gasteiger partial charge in [0.2, 0.25) is 0 Å². The Kier molecular flexibility index (Phi) is 4.80. The van der Waals surface area contributed by atoms with Crippen molar-refractivity contribution < 1.29 is 0 Å². The molecule has 0 aliphatic carbocycles. The molecule has 0 unspecified atom stereocenters. The summed E-state index contributed by atoms with van der Waals surface area (Å²) >= 11 is 0. The molecule has 4 heterocycles. The third kappa shape index (κ3) is 3.71. The van der Waals surface area contributed by atoms with E-state index in [-0.39, 0.29) is 0 Å². The summed E-state index contributed by atoms with van der Waals surface area (Å²) in [4.78, 5) is 18.0. The minimum Gasteiger partial charge on any atom is -0.264 e. The molecule has 142 valence electrons. The van der Waals surface area contributed by atoms with E-state index in [1.807, 2.05) is 48.7 Å². The highest BCUT2D eigenvalue weighted by Gasteiger charge is 2.10. The van der Waals surface area contributed by atoms with Crippen LogP contribution in [0.4, 0.5) is 0 Å². The lowest BCUT2D eigenvalue weighted by Gasteiger charge is -2.10. The molecule has 0 amide bonds. The van der Waals surface area contributed by atoms with E-state index < -0.39 is 0 Å². The summed E-state index contributed by atoms with van der Waals surface area (Å²) in [6.45, 7) is 0. The van der Waals surface area contributed by atoms with Crippen molar-refractivity contribution in [1.29, 1.82) is 0 Å². The predicted molar refractivity (Wildman–Crippen MR) is 119 cm³/mol. The molecule has 0 fully saturated rings. The van der Waals surface area contributed by atoms with Gasteiger partial charge in [0, 0.05) is 24.8 Å². The highest BCUT2D eigenvalue weighted by Crippen LogP contribution is 2.30. The summed E-state index contributed by atoms with van der Waals surface area (Å²) in [7, 11) is 0. The summed E-state index contributed by atoms with van der Waals surface area (Å²) in [6.07, 6.45) is 7.23. The van der Waals surface area contributed by atoms with Crippen molar-refractivity contribution in [2.24, 2.45) is 0 Å². The van der Waals surface area contributed by atoms with Crippen LogP contribution in [0.2, 0.25) is 0 Å². The van der Waals surface area contributed by atoms with Crippen LogP contribution in [0, 0.1) is 0 Å². The first-order chi connectivity index (χ1) is 14.9. The van der Waals surface area contributed by atoms with Crippen LogP contribution in [0.3, 0.4) is 0 Å². The molecule has 0 aliphatic heterocycles. The molecular weight excluding hydrogens is 368 g/mol. The molecule has 0 radical (unpaired) electrons. The SMILES string of the molecule is c1ccc(-c2cc(-c3ccc(-c4cccnc4)cc3)cc(-c3ccccn3)n2)nc1. The van der Waals surface area contributed by atoms with Gasteiger partial charge in [0.25, 0.3) is 0 Å². The van der Waals surface area contributed by atoms with Crippen LogP contribution < -0.4 is 0 Å². The Bertz CT molecular complexity index is 1200. The van der Waals surface area contributed by atoms with Crippen LogP contribution in [0.25, 0.3) is 45.0 Å². The van der Waals surface area contributed by atoms with Gasteiger partial charge in [-0.25, -0.2) is 4.98 Å². The molecule has 5 aromatic rings. The van der Waals surface area contributed by atoms with Gasteiger partial charge in [-0.05, 0) is 64.7 Å². The zero-order chi connectivity index (χ0) is 20.2. The van der Waals surface area contributed by atoms with E-state index >= 15 is 0 Å². The second kappa shape index (κ2) is 8.05. The first-order valence-corrected chi connectivity index (χ1v) is 9.72. The van der Waals surface area contributed by atoms with Crippen molar-refractivity contribution in [2.45, 2.75) is 0 Å². The van der Waals surface area contributed by atoms with Crippen molar-refractivity contribution >= 4 is 0 Å². The van der Waals surface area contributed by atoms with Crippen LogP contribution in [0.5, 0.6) is 0 Å². The average molecular weight is 386 g/mol. The Morgan fingerprint density at radius 2 is 1.03 bits per heavy atom. The number of rotatable bonds is 4. The van der Waals surface area contributed by atoms with Gasteiger partial charge in [0.05, 0.1) is 22.8 Å². The summed E-state index contributed by atoms with van der Waals surface area (Å²) < 4.78 is 0. The van der Waals surface area contributed by atoms with Gasteiger partial charge in [-0.15, -0.1) is 0 Å². The Morgan fingerprint density at radius 3 is 1.53 bits per heavy atom. The number of hydrogen-bond acceptors (Lipinski definition) is 4. The maximum atomic E-state index is 4.83. The van der Waals surface area contributed by atoms with Gasteiger partial charge < -0.3 is 0 Å². The second-order valence-electron chi connectivity index (χ2n) is 6.88. The molecular formula is C26H18N4. The van der Waals surface area contributed by atoms with Gasteiger partial charge >= 0.3 is 0 Å². The highest BCUT2D eigenvalue weighted by molar-refractivity contribution is 5.76. The fraction of sp³-hybridized carbons (Fsp3) is 0. The summed E-state index contributed by atoms with van der Waals surface area (Å²) in [5, 5.41) is 0. The molecule has 0 N–H and O–H groups in total. The molecule has 0 saturated carbocycles. The largest absolute Gasteiger partial charge is 0.264 e. The second-order valence-corrected chi connectivity index (χ2v) is 6.88. The van der Waals surface area contributed by atoms with Gasteiger partial charge in [0.15, 0.2) is 0 Å². The van der Waals surface area contributed by atoms with E-state index in [9.17, 15) is 0 Å². The van der Waals surface area contributed by atoms with Crippen LogP contribution in [0.1, 0.15) is 0 Å².